The molecule has 2 aromatic rings. The minimum absolute atomic E-state index is 0.0553. The molecule has 2 fully saturated rings. The summed E-state index contributed by atoms with van der Waals surface area (Å²) in [4.78, 5) is 30.7. The van der Waals surface area contributed by atoms with Gasteiger partial charge in [0, 0.05) is 56.2 Å². The number of amides is 1. The maximum atomic E-state index is 13.8. The number of nitrogens with one attached hydrogen (secondary N) is 1. The average molecular weight is 488 g/mol. The zero-order valence-electron chi connectivity index (χ0n) is 19.2. The van der Waals surface area contributed by atoms with E-state index in [-0.39, 0.29) is 29.6 Å². The van der Waals surface area contributed by atoms with Gasteiger partial charge in [0.15, 0.2) is 5.03 Å². The Morgan fingerprint density at radius 1 is 1.32 bits per heavy atom. The Bertz CT molecular complexity index is 1310. The van der Waals surface area contributed by atoms with E-state index in [1.807, 2.05) is 6.92 Å². The van der Waals surface area contributed by atoms with Crippen molar-refractivity contribution in [2.45, 2.75) is 43.4 Å². The number of aryl methyl sites for hydroxylation is 1. The smallest absolute Gasteiger partial charge is 0.263 e. The fourth-order valence-electron chi connectivity index (χ4n) is 5.32. The molecular weight excluding hydrogens is 458 g/mol. The van der Waals surface area contributed by atoms with Gasteiger partial charge in [0.05, 0.1) is 18.3 Å². The number of sulfonamides is 1. The number of allylic oxidation sites excluding steroid dienone is 1. The summed E-state index contributed by atoms with van der Waals surface area (Å²) in [5.74, 6) is -1.33. The van der Waals surface area contributed by atoms with Gasteiger partial charge in [0.25, 0.3) is 15.6 Å². The largest absolute Gasteiger partial charge is 0.396 e. The van der Waals surface area contributed by atoms with Gasteiger partial charge >= 0.3 is 0 Å². The quantitative estimate of drug-likeness (QED) is 0.586. The van der Waals surface area contributed by atoms with Crippen LogP contribution in [0, 0.1) is 17.8 Å². The zero-order valence-corrected chi connectivity index (χ0v) is 20.0. The molecule has 182 valence electrons. The van der Waals surface area contributed by atoms with E-state index < -0.39 is 33.9 Å². The molecule has 5 rings (SSSR count). The first-order valence-corrected chi connectivity index (χ1v) is 13.0. The van der Waals surface area contributed by atoms with E-state index in [1.165, 1.54) is 16.8 Å². The third kappa shape index (κ3) is 3.62. The first kappa shape index (κ1) is 23.0. The molecule has 0 unspecified atom stereocenters. The highest BCUT2D eigenvalue weighted by Crippen LogP contribution is 2.50. The number of imidazole rings is 1. The van der Waals surface area contributed by atoms with Crippen molar-refractivity contribution in [3.63, 3.8) is 0 Å². The lowest BCUT2D eigenvalue weighted by atomic mass is 9.86. The Morgan fingerprint density at radius 3 is 2.71 bits per heavy atom. The number of nitrogens with zero attached hydrogens (tertiary/aromatic N) is 4. The summed E-state index contributed by atoms with van der Waals surface area (Å²) in [6.45, 7) is 2.03. The van der Waals surface area contributed by atoms with E-state index in [2.05, 4.69) is 10.3 Å². The molecule has 10 nitrogen and oxygen atoms in total. The van der Waals surface area contributed by atoms with Crippen molar-refractivity contribution in [3.05, 3.63) is 52.3 Å². The number of rotatable bonds is 7. The van der Waals surface area contributed by atoms with Gasteiger partial charge in [-0.3, -0.25) is 9.59 Å². The van der Waals surface area contributed by atoms with Gasteiger partial charge in [-0.1, -0.05) is 12.2 Å². The topological polar surface area (TPSA) is 127 Å². The predicted octanol–water partition coefficient (Wildman–Crippen LogP) is 0.494. The summed E-state index contributed by atoms with van der Waals surface area (Å²) in [7, 11) is -2.42. The Kier molecular flexibility index (Phi) is 5.73. The van der Waals surface area contributed by atoms with E-state index in [0.717, 1.165) is 12.8 Å². The van der Waals surface area contributed by atoms with Gasteiger partial charge < -0.3 is 19.6 Å². The highest BCUT2D eigenvalue weighted by atomic mass is 32.2. The van der Waals surface area contributed by atoms with E-state index >= 15 is 0 Å². The molecule has 1 aliphatic carbocycles. The van der Waals surface area contributed by atoms with Gasteiger partial charge in [0.1, 0.15) is 0 Å². The molecule has 2 N–H and O–H groups in total. The highest BCUT2D eigenvalue weighted by Gasteiger charge is 2.60. The molecule has 34 heavy (non-hydrogen) atoms. The number of carbonyl (C=O) groups excluding carboxylic acids is 1. The van der Waals surface area contributed by atoms with Gasteiger partial charge in [-0.05, 0) is 37.8 Å². The predicted molar refractivity (Wildman–Crippen MR) is 124 cm³/mol. The molecule has 2 bridgehead atoms. The van der Waals surface area contributed by atoms with Crippen LogP contribution in [-0.4, -0.2) is 57.0 Å². The lowest BCUT2D eigenvalue weighted by molar-refractivity contribution is -0.127. The van der Waals surface area contributed by atoms with Crippen LogP contribution >= 0.6 is 0 Å². The van der Waals surface area contributed by atoms with Crippen LogP contribution in [0.2, 0.25) is 0 Å². The highest BCUT2D eigenvalue weighted by molar-refractivity contribution is 7.89. The van der Waals surface area contributed by atoms with E-state index in [0.29, 0.717) is 23.7 Å². The summed E-state index contributed by atoms with van der Waals surface area (Å²) >= 11 is 0. The number of pyridine rings is 1. The minimum Gasteiger partial charge on any atom is -0.396 e. The first-order chi connectivity index (χ1) is 16.3. The van der Waals surface area contributed by atoms with E-state index in [1.54, 1.807) is 40.5 Å². The minimum atomic E-state index is -4.10. The second-order valence-corrected chi connectivity index (χ2v) is 11.2. The number of aromatic nitrogens is 3. The van der Waals surface area contributed by atoms with E-state index in [4.69, 9.17) is 0 Å². The van der Waals surface area contributed by atoms with Crippen molar-refractivity contribution in [2.24, 2.45) is 24.8 Å². The lowest BCUT2D eigenvalue weighted by Gasteiger charge is -2.36. The number of fused-ring (bicyclic) bond motifs is 4. The number of hydrogen-bond donors (Lipinski definition) is 2. The molecular formula is C23H29N5O5S. The maximum Gasteiger partial charge on any atom is 0.263 e. The van der Waals surface area contributed by atoms with Crippen molar-refractivity contribution < 1.29 is 18.3 Å². The van der Waals surface area contributed by atoms with Crippen LogP contribution in [0.5, 0.6) is 0 Å². The zero-order chi connectivity index (χ0) is 24.2. The molecule has 3 aliphatic rings. The number of aliphatic hydroxyl groups excluding tert-OH is 1. The summed E-state index contributed by atoms with van der Waals surface area (Å²) in [6.07, 6.45) is 8.42. The molecule has 0 radical (unpaired) electrons. The molecule has 1 saturated heterocycles. The van der Waals surface area contributed by atoms with Crippen molar-refractivity contribution in [1.82, 2.24) is 23.7 Å². The lowest BCUT2D eigenvalue weighted by Crippen LogP contribution is -2.49. The second kappa shape index (κ2) is 8.47. The SMILES string of the molecule is C/C=C\c1ccc2n(c1=O)C[C@@H]1[C@@H](CO)[C@H](C(=O)NCC3CC3)[C@H]2N1S(=O)(=O)c1cn(C)cn1. The normalized spacial score (nSPS) is 26.7. The molecule has 4 atom stereocenters. The first-order valence-electron chi connectivity index (χ1n) is 11.5. The van der Waals surface area contributed by atoms with Gasteiger partial charge in [-0.25, -0.2) is 13.4 Å². The average Bonchev–Trinajstić information content (AvgIpc) is 3.47. The molecule has 1 saturated carbocycles. The van der Waals surface area contributed by atoms with Gasteiger partial charge in [-0.15, -0.1) is 0 Å². The van der Waals surface area contributed by atoms with Crippen LogP contribution in [-0.2, 0) is 28.4 Å². The molecule has 2 aromatic heterocycles. The fraction of sp³-hybridized carbons (Fsp3) is 0.522. The summed E-state index contributed by atoms with van der Waals surface area (Å²) < 4.78 is 32.0. The van der Waals surface area contributed by atoms with Gasteiger partial charge in [0.2, 0.25) is 5.91 Å². The fourth-order valence-corrected chi connectivity index (χ4v) is 7.14. The van der Waals surface area contributed by atoms with Crippen molar-refractivity contribution in [2.75, 3.05) is 13.2 Å². The number of hydrogen-bond acceptors (Lipinski definition) is 6. The monoisotopic (exact) mass is 487 g/mol. The van der Waals surface area contributed by atoms with Crippen LogP contribution in [0.3, 0.4) is 0 Å². The van der Waals surface area contributed by atoms with E-state index in [9.17, 15) is 23.1 Å². The van der Waals surface area contributed by atoms with Crippen molar-refractivity contribution in [1.29, 1.82) is 0 Å². The summed E-state index contributed by atoms with van der Waals surface area (Å²) in [5.41, 5.74) is 0.703. The summed E-state index contributed by atoms with van der Waals surface area (Å²) in [5, 5.41) is 13.2. The third-order valence-corrected chi connectivity index (χ3v) is 8.94. The molecule has 0 aromatic carbocycles. The molecule has 4 heterocycles. The standard InChI is InChI=1S/C23H29N5O5S/c1-3-4-15-7-8-17-21-20(22(30)24-9-14-5-6-14)16(12-29)18(10-27(17)23(15)31)28(21)34(32,33)19-11-26(2)13-25-19/h3-4,7-8,11,13-14,16,18,20-21,29H,5-6,9-10,12H2,1-2H3,(H,24,30)/b4-3-/t16-,18-,20+,21+/m1/s1. The Labute approximate surface area is 198 Å². The van der Waals surface area contributed by atoms with Crippen molar-refractivity contribution >= 4 is 22.0 Å². The van der Waals surface area contributed by atoms with Crippen LogP contribution in [0.4, 0.5) is 0 Å². The maximum absolute atomic E-state index is 13.8. The Balaban J connectivity index is 1.65. The summed E-state index contributed by atoms with van der Waals surface area (Å²) in [6, 6.07) is 1.70. The van der Waals surface area contributed by atoms with Crippen LogP contribution in [0.15, 0.2) is 40.6 Å². The Morgan fingerprint density at radius 2 is 2.09 bits per heavy atom. The Hall–Kier alpha value is -2.76. The van der Waals surface area contributed by atoms with Crippen LogP contribution in [0.25, 0.3) is 6.08 Å². The number of aliphatic hydroxyl groups is 1. The van der Waals surface area contributed by atoms with Crippen LogP contribution < -0.4 is 10.9 Å². The third-order valence-electron chi connectivity index (χ3n) is 7.15. The molecule has 2 aliphatic heterocycles. The second-order valence-electron chi connectivity index (χ2n) is 9.41. The molecule has 1 amide bonds. The van der Waals surface area contributed by atoms with Crippen molar-refractivity contribution in [3.8, 4) is 0 Å². The number of carbonyl (C=O) groups is 1. The van der Waals surface area contributed by atoms with Crippen LogP contribution in [0.1, 0.15) is 37.1 Å². The molecule has 11 heteroatoms. The van der Waals surface area contributed by atoms with Gasteiger partial charge in [-0.2, -0.15) is 4.31 Å². The molecule has 0 spiro atoms.